The fraction of sp³-hybridized carbons (Fsp3) is 0. The van der Waals surface area contributed by atoms with Crippen molar-refractivity contribution in [2.75, 3.05) is 4.90 Å². The largest absolute Gasteiger partial charge is 0.508 e. The first-order valence-corrected chi connectivity index (χ1v) is 9.20. The Kier molecular flexibility index (Phi) is 4.00. The molecule has 0 amide bonds. The minimum atomic E-state index is 0.236. The van der Waals surface area contributed by atoms with Crippen LogP contribution in [0.1, 0.15) is 0 Å². The fourth-order valence-electron chi connectivity index (χ4n) is 2.83. The van der Waals surface area contributed by atoms with Gasteiger partial charge in [-0.05, 0) is 30.3 Å². The van der Waals surface area contributed by atoms with Crippen molar-refractivity contribution in [1.82, 2.24) is 0 Å². The Balaban J connectivity index is 1.97. The van der Waals surface area contributed by atoms with Gasteiger partial charge in [0.05, 0.1) is 11.4 Å². The van der Waals surface area contributed by atoms with Crippen LogP contribution in [-0.4, -0.2) is 5.11 Å². The average Bonchev–Trinajstić information content (AvgIpc) is 2.99. The zero-order chi connectivity index (χ0) is 16.5. The lowest BCUT2D eigenvalue weighted by atomic mass is 10.1. The fourth-order valence-corrected chi connectivity index (χ4v) is 4.23. The van der Waals surface area contributed by atoms with Crippen molar-refractivity contribution in [3.8, 4) is 5.75 Å². The summed E-state index contributed by atoms with van der Waals surface area (Å²) in [6, 6.07) is 24.1. The van der Waals surface area contributed by atoms with E-state index in [0.29, 0.717) is 0 Å². The molecule has 0 fully saturated rings. The Bertz CT molecular complexity index is 977. The van der Waals surface area contributed by atoms with Crippen molar-refractivity contribution >= 4 is 54.4 Å². The average molecular weight is 396 g/mol. The van der Waals surface area contributed by atoms with Crippen LogP contribution in [0.2, 0.25) is 0 Å². The van der Waals surface area contributed by atoms with Gasteiger partial charge in [0.25, 0.3) is 0 Å². The third-order valence-electron chi connectivity index (χ3n) is 3.84. The SMILES string of the molecule is Oc1cc(Br)cc(N(c2ccccc2)c2csc3ccccc23)c1. The second kappa shape index (κ2) is 6.30. The molecular formula is C20H14BrNOS. The number of para-hydroxylation sites is 1. The Hall–Kier alpha value is -2.30. The van der Waals surface area contributed by atoms with Gasteiger partial charge in [0.15, 0.2) is 0 Å². The number of nitrogens with zero attached hydrogens (tertiary/aromatic N) is 1. The van der Waals surface area contributed by atoms with Crippen molar-refractivity contribution in [3.05, 3.63) is 82.6 Å². The van der Waals surface area contributed by atoms with E-state index < -0.39 is 0 Å². The topological polar surface area (TPSA) is 23.5 Å². The molecule has 24 heavy (non-hydrogen) atoms. The van der Waals surface area contributed by atoms with Crippen molar-refractivity contribution in [3.63, 3.8) is 0 Å². The van der Waals surface area contributed by atoms with Crippen molar-refractivity contribution < 1.29 is 5.11 Å². The number of anilines is 3. The van der Waals surface area contributed by atoms with Crippen LogP contribution in [0, 0.1) is 0 Å². The van der Waals surface area contributed by atoms with Gasteiger partial charge < -0.3 is 10.0 Å². The van der Waals surface area contributed by atoms with Gasteiger partial charge in [0.2, 0.25) is 0 Å². The molecule has 0 aliphatic heterocycles. The second-order valence-corrected chi connectivity index (χ2v) is 7.28. The Labute approximate surface area is 152 Å². The summed E-state index contributed by atoms with van der Waals surface area (Å²) in [5.41, 5.74) is 3.08. The number of phenolic OH excluding ortho intramolecular Hbond substituents is 1. The highest BCUT2D eigenvalue weighted by molar-refractivity contribution is 9.10. The van der Waals surface area contributed by atoms with E-state index in [1.165, 1.54) is 10.1 Å². The van der Waals surface area contributed by atoms with Gasteiger partial charge in [-0.1, -0.05) is 52.3 Å². The normalized spacial score (nSPS) is 10.9. The van der Waals surface area contributed by atoms with Crippen LogP contribution in [-0.2, 0) is 0 Å². The molecule has 0 aliphatic rings. The van der Waals surface area contributed by atoms with Gasteiger partial charge in [-0.25, -0.2) is 0 Å². The molecule has 4 aromatic rings. The van der Waals surface area contributed by atoms with Gasteiger partial charge in [0, 0.05) is 31.7 Å². The molecule has 0 saturated carbocycles. The Morgan fingerprint density at radius 1 is 0.833 bits per heavy atom. The molecule has 3 aromatic carbocycles. The number of phenols is 1. The predicted octanol–water partition coefficient (Wildman–Crippen LogP) is 6.84. The molecule has 0 unspecified atom stereocenters. The molecule has 0 saturated heterocycles. The van der Waals surface area contributed by atoms with Crippen molar-refractivity contribution in [1.29, 1.82) is 0 Å². The summed E-state index contributed by atoms with van der Waals surface area (Å²) in [4.78, 5) is 2.17. The van der Waals surface area contributed by atoms with E-state index in [1.807, 2.05) is 24.3 Å². The molecule has 1 heterocycles. The second-order valence-electron chi connectivity index (χ2n) is 5.46. The van der Waals surface area contributed by atoms with E-state index >= 15 is 0 Å². The smallest absolute Gasteiger partial charge is 0.118 e. The highest BCUT2D eigenvalue weighted by atomic mass is 79.9. The monoisotopic (exact) mass is 395 g/mol. The van der Waals surface area contributed by atoms with Crippen LogP contribution in [0.15, 0.2) is 82.6 Å². The molecule has 0 bridgehead atoms. The standard InChI is InChI=1S/C20H14BrNOS/c21-14-10-16(12-17(23)11-14)22(15-6-2-1-3-7-15)19-13-24-20-9-5-4-8-18(19)20/h1-13,23H. The van der Waals surface area contributed by atoms with E-state index in [9.17, 15) is 5.11 Å². The van der Waals surface area contributed by atoms with E-state index in [4.69, 9.17) is 0 Å². The number of aromatic hydroxyl groups is 1. The molecule has 1 aromatic heterocycles. The Morgan fingerprint density at radius 2 is 1.58 bits per heavy atom. The molecule has 0 atom stereocenters. The number of halogens is 1. The third kappa shape index (κ3) is 2.79. The lowest BCUT2D eigenvalue weighted by molar-refractivity contribution is 0.475. The highest BCUT2D eigenvalue weighted by Crippen LogP contribution is 2.43. The number of fused-ring (bicyclic) bond motifs is 1. The zero-order valence-electron chi connectivity index (χ0n) is 12.7. The summed E-state index contributed by atoms with van der Waals surface area (Å²) in [7, 11) is 0. The minimum absolute atomic E-state index is 0.236. The van der Waals surface area contributed by atoms with Gasteiger partial charge in [-0.2, -0.15) is 0 Å². The molecule has 4 heteroatoms. The van der Waals surface area contributed by atoms with Gasteiger partial charge in [-0.15, -0.1) is 11.3 Å². The summed E-state index contributed by atoms with van der Waals surface area (Å²) in [6.45, 7) is 0. The third-order valence-corrected chi connectivity index (χ3v) is 5.25. The first-order valence-electron chi connectivity index (χ1n) is 7.53. The molecular weight excluding hydrogens is 382 g/mol. The van der Waals surface area contributed by atoms with E-state index in [0.717, 1.165) is 21.5 Å². The van der Waals surface area contributed by atoms with E-state index in [2.05, 4.69) is 62.6 Å². The summed E-state index contributed by atoms with van der Waals surface area (Å²) in [5, 5.41) is 13.4. The number of hydrogen-bond acceptors (Lipinski definition) is 3. The van der Waals surface area contributed by atoms with Gasteiger partial charge in [0.1, 0.15) is 5.75 Å². The number of rotatable bonds is 3. The lowest BCUT2D eigenvalue weighted by Gasteiger charge is -2.25. The van der Waals surface area contributed by atoms with E-state index in [1.54, 1.807) is 23.5 Å². The predicted molar refractivity (Wildman–Crippen MR) is 106 cm³/mol. The lowest BCUT2D eigenvalue weighted by Crippen LogP contribution is -2.09. The molecule has 118 valence electrons. The van der Waals surface area contributed by atoms with Crippen molar-refractivity contribution in [2.45, 2.75) is 0 Å². The van der Waals surface area contributed by atoms with Crippen molar-refractivity contribution in [2.24, 2.45) is 0 Å². The van der Waals surface area contributed by atoms with Crippen LogP contribution >= 0.6 is 27.3 Å². The molecule has 1 N–H and O–H groups in total. The first kappa shape index (κ1) is 15.2. The number of benzene rings is 3. The summed E-state index contributed by atoms with van der Waals surface area (Å²) < 4.78 is 2.09. The van der Waals surface area contributed by atoms with Crippen LogP contribution in [0.3, 0.4) is 0 Å². The quantitative estimate of drug-likeness (QED) is 0.410. The Morgan fingerprint density at radius 3 is 2.38 bits per heavy atom. The maximum absolute atomic E-state index is 10.0. The summed E-state index contributed by atoms with van der Waals surface area (Å²) >= 11 is 5.21. The number of hydrogen-bond donors (Lipinski definition) is 1. The summed E-state index contributed by atoms with van der Waals surface area (Å²) in [5.74, 6) is 0.236. The van der Waals surface area contributed by atoms with Crippen LogP contribution in [0.25, 0.3) is 10.1 Å². The number of thiophene rings is 1. The first-order chi connectivity index (χ1) is 11.7. The maximum atomic E-state index is 10.0. The van der Waals surface area contributed by atoms with Gasteiger partial charge >= 0.3 is 0 Å². The van der Waals surface area contributed by atoms with Crippen LogP contribution < -0.4 is 4.90 Å². The van der Waals surface area contributed by atoms with Crippen LogP contribution in [0.4, 0.5) is 17.1 Å². The van der Waals surface area contributed by atoms with Crippen LogP contribution in [0.5, 0.6) is 5.75 Å². The zero-order valence-corrected chi connectivity index (χ0v) is 15.1. The maximum Gasteiger partial charge on any atom is 0.118 e. The molecule has 2 nitrogen and oxygen atoms in total. The molecule has 4 rings (SSSR count). The van der Waals surface area contributed by atoms with E-state index in [-0.39, 0.29) is 5.75 Å². The van der Waals surface area contributed by atoms with Gasteiger partial charge in [-0.3, -0.25) is 0 Å². The summed E-state index contributed by atoms with van der Waals surface area (Å²) in [6.07, 6.45) is 0. The highest BCUT2D eigenvalue weighted by Gasteiger charge is 2.17. The molecule has 0 radical (unpaired) electrons. The molecule has 0 aliphatic carbocycles. The molecule has 0 spiro atoms. The minimum Gasteiger partial charge on any atom is -0.508 e.